The molecule has 1 fully saturated rings. The van der Waals surface area contributed by atoms with Crippen molar-refractivity contribution in [1.82, 2.24) is 15.3 Å². The van der Waals surface area contributed by atoms with E-state index in [1.54, 1.807) is 6.20 Å². The van der Waals surface area contributed by atoms with Gasteiger partial charge in [-0.1, -0.05) is 0 Å². The molecule has 0 saturated carbocycles. The van der Waals surface area contributed by atoms with E-state index in [2.05, 4.69) is 15.3 Å². The Labute approximate surface area is 84.4 Å². The molecule has 0 radical (unpaired) electrons. The van der Waals surface area contributed by atoms with Gasteiger partial charge in [-0.3, -0.25) is 4.98 Å². The van der Waals surface area contributed by atoms with Crippen LogP contribution in [0.5, 0.6) is 0 Å². The number of hydrogen-bond donors (Lipinski definition) is 1. The van der Waals surface area contributed by atoms with Gasteiger partial charge in [0.1, 0.15) is 5.82 Å². The van der Waals surface area contributed by atoms with Gasteiger partial charge in [0.2, 0.25) is 0 Å². The zero-order valence-corrected chi connectivity index (χ0v) is 8.70. The number of nitrogens with one attached hydrogen (secondary N) is 1. The number of hydrogen-bond acceptors (Lipinski definition) is 4. The van der Waals surface area contributed by atoms with Crippen LogP contribution in [0, 0.1) is 0 Å². The van der Waals surface area contributed by atoms with E-state index in [-0.39, 0.29) is 0 Å². The predicted molar refractivity (Wildman–Crippen MR) is 56.3 cm³/mol. The lowest BCUT2D eigenvalue weighted by atomic mass is 10.2. The number of aromatic nitrogens is 2. The molecule has 1 atom stereocenters. The maximum absolute atomic E-state index is 4.56. The molecule has 1 aliphatic rings. The molecule has 0 spiro atoms. The predicted octanol–water partition coefficient (Wildman–Crippen LogP) is 0.967. The SMILES string of the molecule is CN(C)c1cncc([C@@H]2CCCN2)n1. The van der Waals surface area contributed by atoms with E-state index in [0.717, 1.165) is 18.1 Å². The fourth-order valence-electron chi connectivity index (χ4n) is 1.69. The fourth-order valence-corrected chi connectivity index (χ4v) is 1.69. The summed E-state index contributed by atoms with van der Waals surface area (Å²) >= 11 is 0. The normalized spacial score (nSPS) is 21.1. The fraction of sp³-hybridized carbons (Fsp3) is 0.600. The highest BCUT2D eigenvalue weighted by Gasteiger charge is 2.18. The second-order valence-electron chi connectivity index (χ2n) is 3.85. The Morgan fingerprint density at radius 1 is 1.43 bits per heavy atom. The molecule has 0 aromatic carbocycles. The second kappa shape index (κ2) is 3.92. The van der Waals surface area contributed by atoms with Gasteiger partial charge < -0.3 is 10.2 Å². The Kier molecular flexibility index (Phi) is 2.63. The van der Waals surface area contributed by atoms with Crippen LogP contribution < -0.4 is 10.2 Å². The molecule has 4 heteroatoms. The van der Waals surface area contributed by atoms with E-state index in [1.165, 1.54) is 12.8 Å². The van der Waals surface area contributed by atoms with E-state index in [9.17, 15) is 0 Å². The third-order valence-electron chi connectivity index (χ3n) is 2.52. The van der Waals surface area contributed by atoms with Crippen molar-refractivity contribution in [3.05, 3.63) is 18.1 Å². The van der Waals surface area contributed by atoms with Crippen LogP contribution in [0.25, 0.3) is 0 Å². The first-order chi connectivity index (χ1) is 6.77. The minimum Gasteiger partial charge on any atom is -0.361 e. The van der Waals surface area contributed by atoms with Crippen molar-refractivity contribution < 1.29 is 0 Å². The van der Waals surface area contributed by atoms with E-state index in [0.29, 0.717) is 6.04 Å². The van der Waals surface area contributed by atoms with Gasteiger partial charge >= 0.3 is 0 Å². The lowest BCUT2D eigenvalue weighted by Crippen LogP contribution is -2.17. The molecule has 0 aliphatic carbocycles. The summed E-state index contributed by atoms with van der Waals surface area (Å²) in [5, 5.41) is 3.42. The zero-order chi connectivity index (χ0) is 9.97. The van der Waals surface area contributed by atoms with E-state index in [4.69, 9.17) is 0 Å². The Hall–Kier alpha value is -1.16. The molecule has 1 aromatic heterocycles. The summed E-state index contributed by atoms with van der Waals surface area (Å²) < 4.78 is 0. The van der Waals surface area contributed by atoms with Crippen molar-refractivity contribution >= 4 is 5.82 Å². The summed E-state index contributed by atoms with van der Waals surface area (Å²) in [4.78, 5) is 10.7. The molecule has 1 N–H and O–H groups in total. The first kappa shape index (κ1) is 9.40. The van der Waals surface area contributed by atoms with Crippen molar-refractivity contribution in [1.29, 1.82) is 0 Å². The third-order valence-corrected chi connectivity index (χ3v) is 2.52. The molecule has 0 amide bonds. The summed E-state index contributed by atoms with van der Waals surface area (Å²) in [5.41, 5.74) is 1.06. The van der Waals surface area contributed by atoms with Gasteiger partial charge in [-0.25, -0.2) is 4.98 Å². The van der Waals surface area contributed by atoms with Gasteiger partial charge in [-0.15, -0.1) is 0 Å². The average molecular weight is 192 g/mol. The molecule has 1 aromatic rings. The van der Waals surface area contributed by atoms with Gasteiger partial charge in [0.25, 0.3) is 0 Å². The maximum atomic E-state index is 4.56. The highest BCUT2D eigenvalue weighted by molar-refractivity contribution is 5.34. The van der Waals surface area contributed by atoms with Crippen LogP contribution in [0.15, 0.2) is 12.4 Å². The largest absolute Gasteiger partial charge is 0.361 e. The summed E-state index contributed by atoms with van der Waals surface area (Å²) in [5.74, 6) is 0.927. The molecular formula is C10H16N4. The molecule has 2 heterocycles. The first-order valence-electron chi connectivity index (χ1n) is 5.00. The molecule has 1 saturated heterocycles. The van der Waals surface area contributed by atoms with Gasteiger partial charge in [0.15, 0.2) is 0 Å². The smallest absolute Gasteiger partial charge is 0.146 e. The zero-order valence-electron chi connectivity index (χ0n) is 8.70. The van der Waals surface area contributed by atoms with Crippen LogP contribution in [0.4, 0.5) is 5.82 Å². The minimum absolute atomic E-state index is 0.405. The molecule has 76 valence electrons. The Bertz CT molecular complexity index is 305. The molecule has 0 unspecified atom stereocenters. The average Bonchev–Trinajstić information content (AvgIpc) is 2.71. The topological polar surface area (TPSA) is 41.1 Å². The van der Waals surface area contributed by atoms with E-state index in [1.807, 2.05) is 25.2 Å². The summed E-state index contributed by atoms with van der Waals surface area (Å²) in [7, 11) is 3.96. The monoisotopic (exact) mass is 192 g/mol. The first-order valence-corrected chi connectivity index (χ1v) is 5.00. The molecule has 1 aliphatic heterocycles. The quantitative estimate of drug-likeness (QED) is 0.758. The van der Waals surface area contributed by atoms with Gasteiger partial charge in [0, 0.05) is 14.1 Å². The van der Waals surface area contributed by atoms with Crippen molar-refractivity contribution in [2.45, 2.75) is 18.9 Å². The van der Waals surface area contributed by atoms with E-state index >= 15 is 0 Å². The van der Waals surface area contributed by atoms with Crippen LogP contribution in [0.1, 0.15) is 24.6 Å². The summed E-state index contributed by atoms with van der Waals surface area (Å²) in [6, 6.07) is 0.405. The lowest BCUT2D eigenvalue weighted by Gasteiger charge is -2.14. The van der Waals surface area contributed by atoms with Gasteiger partial charge in [-0.05, 0) is 19.4 Å². The van der Waals surface area contributed by atoms with Crippen LogP contribution in [-0.2, 0) is 0 Å². The van der Waals surface area contributed by atoms with Crippen molar-refractivity contribution in [2.24, 2.45) is 0 Å². The molecular weight excluding hydrogens is 176 g/mol. The van der Waals surface area contributed by atoms with Crippen molar-refractivity contribution in [2.75, 3.05) is 25.5 Å². The highest BCUT2D eigenvalue weighted by Crippen LogP contribution is 2.21. The van der Waals surface area contributed by atoms with Crippen LogP contribution in [0.3, 0.4) is 0 Å². The van der Waals surface area contributed by atoms with Crippen molar-refractivity contribution in [3.63, 3.8) is 0 Å². The molecule has 4 nitrogen and oxygen atoms in total. The second-order valence-corrected chi connectivity index (χ2v) is 3.85. The number of anilines is 1. The molecule has 0 bridgehead atoms. The Morgan fingerprint density at radius 3 is 2.93 bits per heavy atom. The molecule has 14 heavy (non-hydrogen) atoms. The third kappa shape index (κ3) is 1.85. The van der Waals surface area contributed by atoms with Crippen LogP contribution in [-0.4, -0.2) is 30.6 Å². The summed E-state index contributed by atoms with van der Waals surface area (Å²) in [6.45, 7) is 1.10. The standard InChI is InChI=1S/C10H16N4/c1-14(2)10-7-11-6-9(13-10)8-4-3-5-12-8/h6-8,12H,3-5H2,1-2H3/t8-/m0/s1. The molecule has 2 rings (SSSR count). The number of rotatable bonds is 2. The van der Waals surface area contributed by atoms with E-state index < -0.39 is 0 Å². The van der Waals surface area contributed by atoms with Gasteiger partial charge in [-0.2, -0.15) is 0 Å². The maximum Gasteiger partial charge on any atom is 0.146 e. The Balaban J connectivity index is 2.21. The lowest BCUT2D eigenvalue weighted by molar-refractivity contribution is 0.624. The van der Waals surface area contributed by atoms with Crippen molar-refractivity contribution in [3.8, 4) is 0 Å². The highest BCUT2D eigenvalue weighted by atomic mass is 15.2. The van der Waals surface area contributed by atoms with Crippen LogP contribution >= 0.6 is 0 Å². The van der Waals surface area contributed by atoms with Crippen LogP contribution in [0.2, 0.25) is 0 Å². The summed E-state index contributed by atoms with van der Waals surface area (Å²) in [6.07, 6.45) is 6.05. The minimum atomic E-state index is 0.405. The Morgan fingerprint density at radius 2 is 2.29 bits per heavy atom. The van der Waals surface area contributed by atoms with Gasteiger partial charge in [0.05, 0.1) is 24.1 Å². The number of nitrogens with zero attached hydrogens (tertiary/aromatic N) is 3.